The number of anilines is 1. The fraction of sp³-hybridized carbons (Fsp3) is 0.111. The average Bonchev–Trinajstić information content (AvgIpc) is 2.66. The van der Waals surface area contributed by atoms with Crippen LogP contribution >= 0.6 is 0 Å². The third-order valence-electron chi connectivity index (χ3n) is 3.40. The highest BCUT2D eigenvalue weighted by Gasteiger charge is 2.17. The summed E-state index contributed by atoms with van der Waals surface area (Å²) in [4.78, 5) is 24.2. The number of hydrogen-bond acceptors (Lipinski definition) is 5. The Morgan fingerprint density at radius 3 is 2.58 bits per heavy atom. The summed E-state index contributed by atoms with van der Waals surface area (Å²) >= 11 is 0. The minimum absolute atomic E-state index is 0.0479. The lowest BCUT2D eigenvalue weighted by Crippen LogP contribution is -2.24. The molecule has 7 nitrogen and oxygen atoms in total. The van der Waals surface area contributed by atoms with E-state index in [0.717, 1.165) is 0 Å². The van der Waals surface area contributed by atoms with Crippen LogP contribution in [0.1, 0.15) is 20.7 Å². The molecule has 0 heterocycles. The second kappa shape index (κ2) is 8.41. The van der Waals surface area contributed by atoms with Gasteiger partial charge in [0.1, 0.15) is 0 Å². The topological polar surface area (TPSA) is 102 Å². The molecular formula is C18H18N2O5S. The maximum absolute atomic E-state index is 12.5. The Balaban J connectivity index is 2.28. The number of rotatable bonds is 7. The molecule has 0 unspecified atom stereocenters. The fourth-order valence-electron chi connectivity index (χ4n) is 2.13. The lowest BCUT2D eigenvalue weighted by Gasteiger charge is -2.10. The first-order valence-corrected chi connectivity index (χ1v) is 9.06. The molecule has 0 radical (unpaired) electrons. The zero-order valence-electron chi connectivity index (χ0n) is 14.1. The van der Waals surface area contributed by atoms with E-state index in [1.165, 1.54) is 43.5 Å². The highest BCUT2D eigenvalue weighted by molar-refractivity contribution is 7.89. The Morgan fingerprint density at radius 2 is 1.88 bits per heavy atom. The van der Waals surface area contributed by atoms with Gasteiger partial charge >= 0.3 is 5.97 Å². The van der Waals surface area contributed by atoms with Crippen molar-refractivity contribution in [1.82, 2.24) is 4.72 Å². The molecule has 0 spiro atoms. The number of sulfonamides is 1. The molecule has 0 aliphatic heterocycles. The number of ether oxygens (including phenoxy) is 1. The van der Waals surface area contributed by atoms with Crippen molar-refractivity contribution in [2.75, 3.05) is 19.0 Å². The van der Waals surface area contributed by atoms with Gasteiger partial charge in [-0.25, -0.2) is 17.9 Å². The normalized spacial score (nSPS) is 10.8. The molecule has 2 aromatic rings. The standard InChI is InChI=1S/C18H18N2O5S/c1-3-11-19-26(23,24)14-8-6-7-13(12-14)17(21)20-16-10-5-4-9-15(16)18(22)25-2/h3-10,12,19H,1,11H2,2H3,(H,20,21). The van der Waals surface area contributed by atoms with Crippen molar-refractivity contribution < 1.29 is 22.7 Å². The first-order chi connectivity index (χ1) is 12.4. The van der Waals surface area contributed by atoms with Gasteiger partial charge in [-0.3, -0.25) is 4.79 Å². The first-order valence-electron chi connectivity index (χ1n) is 7.58. The largest absolute Gasteiger partial charge is 0.465 e. The smallest absolute Gasteiger partial charge is 0.339 e. The average molecular weight is 374 g/mol. The van der Waals surface area contributed by atoms with E-state index in [1.54, 1.807) is 18.2 Å². The summed E-state index contributed by atoms with van der Waals surface area (Å²) in [5, 5.41) is 2.59. The van der Waals surface area contributed by atoms with Crippen LogP contribution in [0.15, 0.2) is 66.1 Å². The van der Waals surface area contributed by atoms with E-state index in [4.69, 9.17) is 0 Å². The molecule has 0 saturated heterocycles. The number of nitrogens with one attached hydrogen (secondary N) is 2. The summed E-state index contributed by atoms with van der Waals surface area (Å²) < 4.78 is 31.3. The number of carbonyl (C=O) groups is 2. The number of esters is 1. The molecule has 2 N–H and O–H groups in total. The molecule has 0 aliphatic rings. The lowest BCUT2D eigenvalue weighted by atomic mass is 10.1. The van der Waals surface area contributed by atoms with Crippen LogP contribution in [0, 0.1) is 0 Å². The molecule has 0 saturated carbocycles. The maximum Gasteiger partial charge on any atom is 0.339 e. The molecule has 26 heavy (non-hydrogen) atoms. The van der Waals surface area contributed by atoms with Crippen LogP contribution in [-0.4, -0.2) is 33.9 Å². The second-order valence-corrected chi connectivity index (χ2v) is 6.93. The van der Waals surface area contributed by atoms with Gasteiger partial charge < -0.3 is 10.1 Å². The van der Waals surface area contributed by atoms with Crippen molar-refractivity contribution in [1.29, 1.82) is 0 Å². The number of methoxy groups -OCH3 is 1. The van der Waals surface area contributed by atoms with Crippen LogP contribution in [0.2, 0.25) is 0 Å². The monoisotopic (exact) mass is 374 g/mol. The van der Waals surface area contributed by atoms with Gasteiger partial charge in [-0.05, 0) is 30.3 Å². The van der Waals surface area contributed by atoms with Gasteiger partial charge in [-0.1, -0.05) is 24.3 Å². The number of para-hydroxylation sites is 1. The van der Waals surface area contributed by atoms with Crippen molar-refractivity contribution in [3.05, 3.63) is 72.3 Å². The molecular weight excluding hydrogens is 356 g/mol. The number of carbonyl (C=O) groups excluding carboxylic acids is 2. The van der Waals surface area contributed by atoms with E-state index >= 15 is 0 Å². The Morgan fingerprint density at radius 1 is 1.15 bits per heavy atom. The van der Waals surface area contributed by atoms with Crippen LogP contribution in [0.3, 0.4) is 0 Å². The summed E-state index contributed by atoms with van der Waals surface area (Å²) in [5.41, 5.74) is 0.591. The second-order valence-electron chi connectivity index (χ2n) is 5.16. The van der Waals surface area contributed by atoms with E-state index in [2.05, 4.69) is 21.4 Å². The predicted molar refractivity (Wildman–Crippen MR) is 97.6 cm³/mol. The molecule has 2 rings (SSSR count). The SMILES string of the molecule is C=CCNS(=O)(=O)c1cccc(C(=O)Nc2ccccc2C(=O)OC)c1. The van der Waals surface area contributed by atoms with Crippen molar-refractivity contribution in [2.45, 2.75) is 4.90 Å². The highest BCUT2D eigenvalue weighted by Crippen LogP contribution is 2.18. The van der Waals surface area contributed by atoms with E-state index in [0.29, 0.717) is 0 Å². The zero-order chi connectivity index (χ0) is 19.2. The molecule has 8 heteroatoms. The van der Waals surface area contributed by atoms with Gasteiger partial charge in [0, 0.05) is 12.1 Å². The van der Waals surface area contributed by atoms with Gasteiger partial charge in [0.2, 0.25) is 10.0 Å². The van der Waals surface area contributed by atoms with Crippen LogP contribution < -0.4 is 10.0 Å². The molecule has 1 amide bonds. The van der Waals surface area contributed by atoms with Crippen LogP contribution in [-0.2, 0) is 14.8 Å². The molecule has 0 aromatic heterocycles. The summed E-state index contributed by atoms with van der Waals surface area (Å²) in [6.07, 6.45) is 1.41. The van der Waals surface area contributed by atoms with E-state index in [1.807, 2.05) is 0 Å². The Labute approximate surface area is 151 Å². The number of hydrogen-bond donors (Lipinski definition) is 2. The summed E-state index contributed by atoms with van der Waals surface area (Å²) in [5.74, 6) is -1.15. The minimum Gasteiger partial charge on any atom is -0.465 e. The molecule has 2 aromatic carbocycles. The fourth-order valence-corrected chi connectivity index (χ4v) is 3.17. The zero-order valence-corrected chi connectivity index (χ0v) is 14.9. The lowest BCUT2D eigenvalue weighted by molar-refractivity contribution is 0.0602. The van der Waals surface area contributed by atoms with Gasteiger partial charge in [0.25, 0.3) is 5.91 Å². The summed E-state index contributed by atoms with van der Waals surface area (Å²) in [6, 6.07) is 11.9. The van der Waals surface area contributed by atoms with Crippen molar-refractivity contribution in [3.8, 4) is 0 Å². The third kappa shape index (κ3) is 4.56. The van der Waals surface area contributed by atoms with Crippen LogP contribution in [0.5, 0.6) is 0 Å². The van der Waals surface area contributed by atoms with Crippen LogP contribution in [0.4, 0.5) is 5.69 Å². The molecule has 0 aliphatic carbocycles. The molecule has 0 fully saturated rings. The van der Waals surface area contributed by atoms with E-state index in [-0.39, 0.29) is 28.3 Å². The van der Waals surface area contributed by atoms with Gasteiger partial charge in [-0.2, -0.15) is 0 Å². The Hall–Kier alpha value is -2.97. The Bertz CT molecular complexity index is 938. The summed E-state index contributed by atoms with van der Waals surface area (Å²) in [7, 11) is -2.51. The number of amides is 1. The van der Waals surface area contributed by atoms with E-state index < -0.39 is 21.9 Å². The maximum atomic E-state index is 12.5. The Kier molecular flexibility index (Phi) is 6.26. The van der Waals surface area contributed by atoms with Crippen LogP contribution in [0.25, 0.3) is 0 Å². The molecule has 0 atom stereocenters. The quantitative estimate of drug-likeness (QED) is 0.571. The third-order valence-corrected chi connectivity index (χ3v) is 4.83. The van der Waals surface area contributed by atoms with Gasteiger partial charge in [-0.15, -0.1) is 6.58 Å². The predicted octanol–water partition coefficient (Wildman–Crippen LogP) is 2.19. The van der Waals surface area contributed by atoms with Gasteiger partial charge in [0.05, 0.1) is 23.3 Å². The summed E-state index contributed by atoms with van der Waals surface area (Å²) in [6.45, 7) is 3.53. The molecule has 0 bridgehead atoms. The highest BCUT2D eigenvalue weighted by atomic mass is 32.2. The van der Waals surface area contributed by atoms with Crippen molar-refractivity contribution in [3.63, 3.8) is 0 Å². The van der Waals surface area contributed by atoms with E-state index in [9.17, 15) is 18.0 Å². The van der Waals surface area contributed by atoms with Gasteiger partial charge in [0.15, 0.2) is 0 Å². The number of benzene rings is 2. The minimum atomic E-state index is -3.75. The first kappa shape index (κ1) is 19.4. The van der Waals surface area contributed by atoms with Crippen molar-refractivity contribution >= 4 is 27.6 Å². The van der Waals surface area contributed by atoms with Crippen molar-refractivity contribution in [2.24, 2.45) is 0 Å². The molecule has 136 valence electrons.